The Labute approximate surface area is 118 Å². The standard InChI is InChI=1S/C14H21N3O3/c1-9(18)12-10-8-17(13(19)20-14(2,3)4)7-6-11(10)16(5)15-12/h6-8H2,1-5H3. The van der Waals surface area contributed by atoms with E-state index in [0.717, 1.165) is 11.3 Å². The molecule has 0 radical (unpaired) electrons. The number of nitrogens with zero attached hydrogens (tertiary/aromatic N) is 3. The van der Waals surface area contributed by atoms with Crippen molar-refractivity contribution in [1.29, 1.82) is 0 Å². The molecule has 1 aliphatic rings. The molecule has 0 aromatic carbocycles. The van der Waals surface area contributed by atoms with Crippen molar-refractivity contribution in [3.05, 3.63) is 17.0 Å². The number of ether oxygens (including phenoxy) is 1. The van der Waals surface area contributed by atoms with Crippen LogP contribution in [0, 0.1) is 0 Å². The van der Waals surface area contributed by atoms with Gasteiger partial charge in [-0.25, -0.2) is 4.79 Å². The van der Waals surface area contributed by atoms with Crippen molar-refractivity contribution in [2.45, 2.75) is 46.3 Å². The molecule has 1 aromatic rings. The molecule has 0 saturated heterocycles. The molecule has 0 bridgehead atoms. The number of Topliss-reactive ketones (excluding diaryl/α,β-unsaturated/α-hetero) is 1. The second-order valence-electron chi connectivity index (χ2n) is 6.11. The van der Waals surface area contributed by atoms with Crippen molar-refractivity contribution in [2.75, 3.05) is 6.54 Å². The molecule has 1 aliphatic heterocycles. The van der Waals surface area contributed by atoms with Gasteiger partial charge in [-0.1, -0.05) is 0 Å². The van der Waals surface area contributed by atoms with Gasteiger partial charge in [0.2, 0.25) is 0 Å². The minimum absolute atomic E-state index is 0.0760. The first-order valence-corrected chi connectivity index (χ1v) is 6.72. The molecule has 0 fully saturated rings. The highest BCUT2D eigenvalue weighted by Gasteiger charge is 2.30. The molecular formula is C14H21N3O3. The Morgan fingerprint density at radius 2 is 1.95 bits per heavy atom. The number of amides is 1. The number of aryl methyl sites for hydroxylation is 1. The fourth-order valence-corrected chi connectivity index (χ4v) is 2.36. The summed E-state index contributed by atoms with van der Waals surface area (Å²) >= 11 is 0. The third-order valence-electron chi connectivity index (χ3n) is 3.23. The Kier molecular flexibility index (Phi) is 3.58. The van der Waals surface area contributed by atoms with Crippen LogP contribution in [0.2, 0.25) is 0 Å². The molecule has 6 nitrogen and oxygen atoms in total. The summed E-state index contributed by atoms with van der Waals surface area (Å²) in [6.07, 6.45) is 0.340. The van der Waals surface area contributed by atoms with E-state index in [1.165, 1.54) is 6.92 Å². The van der Waals surface area contributed by atoms with E-state index in [2.05, 4.69) is 5.10 Å². The highest BCUT2D eigenvalue weighted by Crippen LogP contribution is 2.23. The smallest absolute Gasteiger partial charge is 0.410 e. The fourth-order valence-electron chi connectivity index (χ4n) is 2.36. The third-order valence-corrected chi connectivity index (χ3v) is 3.23. The summed E-state index contributed by atoms with van der Waals surface area (Å²) in [5.74, 6) is -0.0760. The Morgan fingerprint density at radius 1 is 1.30 bits per heavy atom. The van der Waals surface area contributed by atoms with Crippen LogP contribution in [-0.2, 0) is 24.8 Å². The number of ketones is 1. The molecular weight excluding hydrogens is 258 g/mol. The van der Waals surface area contributed by atoms with Crippen molar-refractivity contribution in [1.82, 2.24) is 14.7 Å². The van der Waals surface area contributed by atoms with Crippen LogP contribution < -0.4 is 0 Å². The van der Waals surface area contributed by atoms with Gasteiger partial charge in [0, 0.05) is 38.2 Å². The van der Waals surface area contributed by atoms with Crippen LogP contribution in [0.25, 0.3) is 0 Å². The lowest BCUT2D eigenvalue weighted by atomic mass is 10.0. The minimum atomic E-state index is -0.518. The average molecular weight is 279 g/mol. The molecule has 0 N–H and O–H groups in total. The Bertz CT molecular complexity index is 555. The predicted molar refractivity (Wildman–Crippen MR) is 73.6 cm³/mol. The molecule has 1 aromatic heterocycles. The zero-order chi connectivity index (χ0) is 15.1. The number of aromatic nitrogens is 2. The molecule has 0 atom stereocenters. The van der Waals surface area contributed by atoms with E-state index in [-0.39, 0.29) is 11.9 Å². The Hall–Kier alpha value is -1.85. The second kappa shape index (κ2) is 4.92. The van der Waals surface area contributed by atoms with E-state index in [1.807, 2.05) is 27.8 Å². The number of carbonyl (C=O) groups excluding carboxylic acids is 2. The summed E-state index contributed by atoms with van der Waals surface area (Å²) in [4.78, 5) is 25.4. The van der Waals surface area contributed by atoms with Crippen LogP contribution in [0.5, 0.6) is 0 Å². The lowest BCUT2D eigenvalue weighted by Gasteiger charge is -2.30. The highest BCUT2D eigenvalue weighted by atomic mass is 16.6. The summed E-state index contributed by atoms with van der Waals surface area (Å²) < 4.78 is 7.11. The summed E-state index contributed by atoms with van der Waals surface area (Å²) in [6, 6.07) is 0. The van der Waals surface area contributed by atoms with Gasteiger partial charge in [-0.3, -0.25) is 9.48 Å². The molecule has 6 heteroatoms. The number of rotatable bonds is 1. The average Bonchev–Trinajstić information content (AvgIpc) is 2.64. The SMILES string of the molecule is CC(=O)c1nn(C)c2c1CN(C(=O)OC(C)(C)C)CC2. The largest absolute Gasteiger partial charge is 0.444 e. The Balaban J connectivity index is 2.22. The quantitative estimate of drug-likeness (QED) is 0.737. The maximum Gasteiger partial charge on any atom is 0.410 e. The molecule has 20 heavy (non-hydrogen) atoms. The highest BCUT2D eigenvalue weighted by molar-refractivity contribution is 5.94. The van der Waals surface area contributed by atoms with E-state index in [1.54, 1.807) is 9.58 Å². The minimum Gasteiger partial charge on any atom is -0.444 e. The van der Waals surface area contributed by atoms with Gasteiger partial charge in [0.1, 0.15) is 11.3 Å². The van der Waals surface area contributed by atoms with Crippen LogP contribution in [0.1, 0.15) is 49.4 Å². The lowest BCUT2D eigenvalue weighted by molar-refractivity contribution is 0.0222. The van der Waals surface area contributed by atoms with E-state index >= 15 is 0 Å². The summed E-state index contributed by atoms with van der Waals surface area (Å²) in [5, 5.41) is 4.25. The third kappa shape index (κ3) is 2.84. The monoisotopic (exact) mass is 279 g/mol. The summed E-state index contributed by atoms with van der Waals surface area (Å²) in [6.45, 7) is 7.98. The van der Waals surface area contributed by atoms with Gasteiger partial charge < -0.3 is 9.64 Å². The zero-order valence-electron chi connectivity index (χ0n) is 12.7. The van der Waals surface area contributed by atoms with Gasteiger partial charge in [0.15, 0.2) is 5.78 Å². The summed E-state index contributed by atoms with van der Waals surface area (Å²) in [7, 11) is 1.83. The van der Waals surface area contributed by atoms with Crippen LogP contribution in [0.15, 0.2) is 0 Å². The van der Waals surface area contributed by atoms with Crippen molar-refractivity contribution in [3.63, 3.8) is 0 Å². The number of hydrogen-bond acceptors (Lipinski definition) is 4. The normalized spacial score (nSPS) is 14.9. The van der Waals surface area contributed by atoms with Crippen LogP contribution >= 0.6 is 0 Å². The summed E-state index contributed by atoms with van der Waals surface area (Å²) in [5.41, 5.74) is 1.80. The molecule has 1 amide bonds. The van der Waals surface area contributed by atoms with E-state index in [9.17, 15) is 9.59 Å². The van der Waals surface area contributed by atoms with Crippen molar-refractivity contribution in [3.8, 4) is 0 Å². The van der Waals surface area contributed by atoms with Crippen LogP contribution in [0.4, 0.5) is 4.79 Å². The zero-order valence-corrected chi connectivity index (χ0v) is 12.7. The lowest BCUT2D eigenvalue weighted by Crippen LogP contribution is -2.40. The first-order chi connectivity index (χ1) is 9.19. The van der Waals surface area contributed by atoms with E-state index in [4.69, 9.17) is 4.74 Å². The van der Waals surface area contributed by atoms with Crippen LogP contribution in [-0.4, -0.2) is 38.7 Å². The van der Waals surface area contributed by atoms with Gasteiger partial charge in [-0.05, 0) is 20.8 Å². The predicted octanol–water partition coefficient (Wildman–Crippen LogP) is 1.92. The molecule has 110 valence electrons. The number of hydrogen-bond donors (Lipinski definition) is 0. The number of fused-ring (bicyclic) bond motifs is 1. The van der Waals surface area contributed by atoms with Crippen molar-refractivity contribution >= 4 is 11.9 Å². The molecule has 2 heterocycles. The van der Waals surface area contributed by atoms with Gasteiger partial charge >= 0.3 is 6.09 Å². The van der Waals surface area contributed by atoms with E-state index < -0.39 is 5.60 Å². The first kappa shape index (κ1) is 14.6. The Morgan fingerprint density at radius 3 is 2.50 bits per heavy atom. The number of carbonyl (C=O) groups is 2. The van der Waals surface area contributed by atoms with Gasteiger partial charge in [-0.2, -0.15) is 5.10 Å². The topological polar surface area (TPSA) is 64.4 Å². The van der Waals surface area contributed by atoms with Gasteiger partial charge in [0.25, 0.3) is 0 Å². The van der Waals surface area contributed by atoms with Crippen molar-refractivity contribution in [2.24, 2.45) is 7.05 Å². The molecule has 0 spiro atoms. The second-order valence-corrected chi connectivity index (χ2v) is 6.11. The maximum atomic E-state index is 12.1. The molecule has 0 unspecified atom stereocenters. The van der Waals surface area contributed by atoms with Crippen molar-refractivity contribution < 1.29 is 14.3 Å². The fraction of sp³-hybridized carbons (Fsp3) is 0.643. The van der Waals surface area contributed by atoms with Gasteiger partial charge in [0.05, 0.1) is 6.54 Å². The molecule has 0 saturated carbocycles. The molecule has 0 aliphatic carbocycles. The maximum absolute atomic E-state index is 12.1. The van der Waals surface area contributed by atoms with E-state index in [0.29, 0.717) is 25.2 Å². The molecule has 2 rings (SSSR count). The van der Waals surface area contributed by atoms with Crippen LogP contribution in [0.3, 0.4) is 0 Å². The van der Waals surface area contributed by atoms with Gasteiger partial charge in [-0.15, -0.1) is 0 Å². The first-order valence-electron chi connectivity index (χ1n) is 6.72.